The van der Waals surface area contributed by atoms with E-state index in [1.165, 1.54) is 0 Å². The zero-order valence-electron chi connectivity index (χ0n) is 9.00. The number of hydrogen-bond acceptors (Lipinski definition) is 4. The first-order chi connectivity index (χ1) is 6.59. The lowest BCUT2D eigenvalue weighted by molar-refractivity contribution is 0.0457. The molecule has 0 aliphatic carbocycles. The topological polar surface area (TPSA) is 45.1 Å². The second-order valence-corrected chi connectivity index (χ2v) is 4.44. The average Bonchev–Trinajstić information content (AvgIpc) is 2.61. The number of thiazole rings is 1. The van der Waals surface area contributed by atoms with Crippen molar-refractivity contribution in [3.63, 3.8) is 0 Å². The number of nitrogens with zero attached hydrogens (tertiary/aromatic N) is 1. The molecule has 1 aromatic rings. The highest BCUT2D eigenvalue weighted by Gasteiger charge is 2.21. The first-order valence-electron chi connectivity index (χ1n) is 4.98. The normalized spacial score (nSPS) is 11.7. The van der Waals surface area contributed by atoms with Crippen molar-refractivity contribution in [2.45, 2.75) is 39.2 Å². The monoisotopic (exact) mass is 214 g/mol. The summed E-state index contributed by atoms with van der Waals surface area (Å²) in [6.45, 7) is 6.54. The zero-order chi connectivity index (χ0) is 10.6. The molecular formula is C10H18N2OS. The lowest BCUT2D eigenvalue weighted by Gasteiger charge is -2.25. The van der Waals surface area contributed by atoms with Crippen molar-refractivity contribution in [1.82, 2.24) is 4.98 Å². The van der Waals surface area contributed by atoms with Crippen molar-refractivity contribution >= 4 is 16.5 Å². The van der Waals surface area contributed by atoms with Gasteiger partial charge in [-0.05, 0) is 19.8 Å². The summed E-state index contributed by atoms with van der Waals surface area (Å²) in [5.74, 6) is 0. The van der Waals surface area contributed by atoms with Crippen LogP contribution in [-0.4, -0.2) is 22.2 Å². The molecule has 0 atom stereocenters. The molecule has 0 saturated heterocycles. The Hall–Kier alpha value is -0.610. The Bertz CT molecular complexity index is 281. The Morgan fingerprint density at radius 1 is 1.50 bits per heavy atom. The highest BCUT2D eigenvalue weighted by Crippen LogP contribution is 2.19. The molecule has 1 aromatic heterocycles. The average molecular weight is 214 g/mol. The van der Waals surface area contributed by atoms with Crippen molar-refractivity contribution in [3.05, 3.63) is 11.1 Å². The largest absolute Gasteiger partial charge is 0.388 e. The molecule has 3 nitrogen and oxygen atoms in total. The summed E-state index contributed by atoms with van der Waals surface area (Å²) >= 11 is 1.58. The number of anilines is 1. The first-order valence-corrected chi connectivity index (χ1v) is 5.86. The van der Waals surface area contributed by atoms with Crippen molar-refractivity contribution in [2.75, 3.05) is 11.9 Å². The van der Waals surface area contributed by atoms with Gasteiger partial charge in [0.2, 0.25) is 0 Å². The summed E-state index contributed by atoms with van der Waals surface area (Å²) in [6, 6.07) is 0. The van der Waals surface area contributed by atoms with Gasteiger partial charge in [0.1, 0.15) is 0 Å². The first kappa shape index (κ1) is 11.5. The minimum atomic E-state index is -0.598. The number of aliphatic hydroxyl groups is 1. The fraction of sp³-hybridized carbons (Fsp3) is 0.700. The number of nitrogens with one attached hydrogen (secondary N) is 1. The molecule has 1 heterocycles. The molecule has 0 fully saturated rings. The number of rotatable bonds is 5. The summed E-state index contributed by atoms with van der Waals surface area (Å²) in [5.41, 5.74) is 0.425. The highest BCUT2D eigenvalue weighted by molar-refractivity contribution is 7.13. The fourth-order valence-electron chi connectivity index (χ4n) is 1.18. The summed E-state index contributed by atoms with van der Waals surface area (Å²) in [5, 5.41) is 16.1. The summed E-state index contributed by atoms with van der Waals surface area (Å²) in [4.78, 5) is 4.28. The third-order valence-corrected chi connectivity index (χ3v) is 3.42. The van der Waals surface area contributed by atoms with Gasteiger partial charge in [-0.25, -0.2) is 4.98 Å². The van der Waals surface area contributed by atoms with Gasteiger partial charge in [-0.1, -0.05) is 13.8 Å². The smallest absolute Gasteiger partial charge is 0.182 e. The van der Waals surface area contributed by atoms with Crippen LogP contribution in [0.25, 0.3) is 0 Å². The Labute approximate surface area is 89.2 Å². The molecule has 0 aromatic carbocycles. The van der Waals surface area contributed by atoms with E-state index in [-0.39, 0.29) is 0 Å². The molecule has 0 spiro atoms. The van der Waals surface area contributed by atoms with E-state index in [2.05, 4.69) is 10.3 Å². The van der Waals surface area contributed by atoms with Gasteiger partial charge in [0.05, 0.1) is 11.3 Å². The van der Waals surface area contributed by atoms with E-state index in [1.54, 1.807) is 11.3 Å². The Kier molecular flexibility index (Phi) is 3.89. The predicted octanol–water partition coefficient (Wildman–Crippen LogP) is 2.41. The van der Waals surface area contributed by atoms with Crippen molar-refractivity contribution in [2.24, 2.45) is 0 Å². The molecule has 0 radical (unpaired) electrons. The van der Waals surface area contributed by atoms with Crippen LogP contribution >= 0.6 is 11.3 Å². The maximum absolute atomic E-state index is 10.0. The van der Waals surface area contributed by atoms with Gasteiger partial charge in [-0.3, -0.25) is 0 Å². The van der Waals surface area contributed by atoms with Gasteiger partial charge < -0.3 is 10.4 Å². The molecule has 0 aliphatic heterocycles. The van der Waals surface area contributed by atoms with Crippen LogP contribution in [0.3, 0.4) is 0 Å². The van der Waals surface area contributed by atoms with Crippen LogP contribution in [0.15, 0.2) is 5.38 Å². The summed E-state index contributed by atoms with van der Waals surface area (Å²) in [7, 11) is 0. The van der Waals surface area contributed by atoms with E-state index in [1.807, 2.05) is 26.2 Å². The second kappa shape index (κ2) is 4.75. The quantitative estimate of drug-likeness (QED) is 0.791. The van der Waals surface area contributed by atoms with Gasteiger partial charge in [0.25, 0.3) is 0 Å². The SMILES string of the molecule is CCC(O)(CC)CNc1nc(C)cs1. The van der Waals surface area contributed by atoms with E-state index >= 15 is 0 Å². The lowest BCUT2D eigenvalue weighted by Crippen LogP contribution is -2.35. The van der Waals surface area contributed by atoms with Gasteiger partial charge in [0, 0.05) is 11.9 Å². The van der Waals surface area contributed by atoms with Crippen LogP contribution in [-0.2, 0) is 0 Å². The van der Waals surface area contributed by atoms with Crippen LogP contribution in [0.2, 0.25) is 0 Å². The van der Waals surface area contributed by atoms with Crippen molar-refractivity contribution < 1.29 is 5.11 Å². The van der Waals surface area contributed by atoms with Gasteiger partial charge in [-0.15, -0.1) is 11.3 Å². The molecule has 0 saturated carbocycles. The van der Waals surface area contributed by atoms with Crippen LogP contribution in [0, 0.1) is 6.92 Å². The van der Waals surface area contributed by atoms with E-state index in [4.69, 9.17) is 0 Å². The Morgan fingerprint density at radius 2 is 2.14 bits per heavy atom. The van der Waals surface area contributed by atoms with Crippen LogP contribution in [0.1, 0.15) is 32.4 Å². The maximum Gasteiger partial charge on any atom is 0.182 e. The number of hydrogen-bond donors (Lipinski definition) is 2. The zero-order valence-corrected chi connectivity index (χ0v) is 9.82. The predicted molar refractivity (Wildman–Crippen MR) is 60.9 cm³/mol. The molecule has 0 unspecified atom stereocenters. The molecule has 0 aliphatic rings. The Morgan fingerprint density at radius 3 is 2.57 bits per heavy atom. The van der Waals surface area contributed by atoms with E-state index < -0.39 is 5.60 Å². The third kappa shape index (κ3) is 2.96. The van der Waals surface area contributed by atoms with Gasteiger partial charge in [-0.2, -0.15) is 0 Å². The molecule has 2 N–H and O–H groups in total. The maximum atomic E-state index is 10.0. The van der Waals surface area contributed by atoms with Gasteiger partial charge in [0.15, 0.2) is 5.13 Å². The van der Waals surface area contributed by atoms with E-state index in [9.17, 15) is 5.11 Å². The molecule has 14 heavy (non-hydrogen) atoms. The number of aryl methyl sites for hydroxylation is 1. The Balaban J connectivity index is 2.47. The highest BCUT2D eigenvalue weighted by atomic mass is 32.1. The van der Waals surface area contributed by atoms with Gasteiger partial charge >= 0.3 is 0 Å². The molecule has 1 rings (SSSR count). The van der Waals surface area contributed by atoms with Crippen molar-refractivity contribution in [1.29, 1.82) is 0 Å². The fourth-order valence-corrected chi connectivity index (χ4v) is 1.86. The third-order valence-electron chi connectivity index (χ3n) is 2.50. The van der Waals surface area contributed by atoms with E-state index in [0.717, 1.165) is 23.7 Å². The molecule has 0 bridgehead atoms. The standard InChI is InChI=1S/C10H18N2OS/c1-4-10(13,5-2)7-11-9-12-8(3)6-14-9/h6,13H,4-5,7H2,1-3H3,(H,11,12). The molecule has 0 amide bonds. The minimum Gasteiger partial charge on any atom is -0.388 e. The van der Waals surface area contributed by atoms with Crippen LogP contribution < -0.4 is 5.32 Å². The molecular weight excluding hydrogens is 196 g/mol. The summed E-state index contributed by atoms with van der Waals surface area (Å²) < 4.78 is 0. The molecule has 80 valence electrons. The number of aromatic nitrogens is 1. The molecule has 4 heteroatoms. The second-order valence-electron chi connectivity index (χ2n) is 3.58. The minimum absolute atomic E-state index is 0.576. The van der Waals surface area contributed by atoms with Crippen LogP contribution in [0.5, 0.6) is 0 Å². The van der Waals surface area contributed by atoms with E-state index in [0.29, 0.717) is 6.54 Å². The van der Waals surface area contributed by atoms with Crippen LogP contribution in [0.4, 0.5) is 5.13 Å². The van der Waals surface area contributed by atoms with Crippen molar-refractivity contribution in [3.8, 4) is 0 Å². The lowest BCUT2D eigenvalue weighted by atomic mass is 9.98. The summed E-state index contributed by atoms with van der Waals surface area (Å²) in [6.07, 6.45) is 1.53.